The van der Waals surface area contributed by atoms with E-state index in [1.165, 1.54) is 13.2 Å². The fourth-order valence-electron chi connectivity index (χ4n) is 3.73. The van der Waals surface area contributed by atoms with Gasteiger partial charge in [0.1, 0.15) is 17.9 Å². The van der Waals surface area contributed by atoms with E-state index in [4.69, 9.17) is 13.9 Å². The van der Waals surface area contributed by atoms with Crippen molar-refractivity contribution in [3.05, 3.63) is 48.0 Å². The first-order valence-electron chi connectivity index (χ1n) is 10.6. The Balaban J connectivity index is 1.42. The summed E-state index contributed by atoms with van der Waals surface area (Å²) >= 11 is 0. The zero-order chi connectivity index (χ0) is 23.4. The molecule has 0 spiro atoms. The van der Waals surface area contributed by atoms with Crippen LogP contribution in [0.15, 0.2) is 46.9 Å². The second-order valence-corrected chi connectivity index (χ2v) is 7.76. The van der Waals surface area contributed by atoms with Crippen LogP contribution in [0.4, 0.5) is 24.9 Å². The molecule has 0 radical (unpaired) electrons. The molecule has 1 aliphatic heterocycles. The molecule has 0 saturated carbocycles. The van der Waals surface area contributed by atoms with Crippen molar-refractivity contribution in [1.82, 2.24) is 4.98 Å². The quantitative estimate of drug-likeness (QED) is 0.511. The maximum atomic E-state index is 13.2. The number of hydrogen-bond acceptors (Lipinski definition) is 6. The highest BCUT2D eigenvalue weighted by Crippen LogP contribution is 2.36. The molecule has 176 valence electrons. The normalized spacial score (nSPS) is 15.1. The van der Waals surface area contributed by atoms with Gasteiger partial charge in [-0.05, 0) is 43.2 Å². The molecular formula is C23H24F3N3O4. The molecule has 1 saturated heterocycles. The van der Waals surface area contributed by atoms with Crippen LogP contribution in [0.3, 0.4) is 0 Å². The van der Waals surface area contributed by atoms with E-state index in [1.807, 2.05) is 29.2 Å². The van der Waals surface area contributed by atoms with Gasteiger partial charge in [0, 0.05) is 26.1 Å². The number of carbonyl (C=O) groups excluding carboxylic acids is 1. The first kappa shape index (κ1) is 22.9. The van der Waals surface area contributed by atoms with Crippen molar-refractivity contribution in [2.75, 3.05) is 43.6 Å². The number of hydrogen-bond donors (Lipinski definition) is 1. The number of oxazole rings is 1. The minimum absolute atomic E-state index is 0.00712. The average Bonchev–Trinajstić information content (AvgIpc) is 3.24. The molecule has 1 aromatic heterocycles. The zero-order valence-electron chi connectivity index (χ0n) is 18.0. The summed E-state index contributed by atoms with van der Waals surface area (Å²) in [6.45, 7) is 1.51. The second-order valence-electron chi connectivity index (χ2n) is 7.76. The van der Waals surface area contributed by atoms with Crippen LogP contribution < -0.4 is 15.0 Å². The smallest absolute Gasteiger partial charge is 0.416 e. The number of rotatable bonds is 7. The molecule has 0 atom stereocenters. The summed E-state index contributed by atoms with van der Waals surface area (Å²) < 4.78 is 55.8. The third kappa shape index (κ3) is 5.39. The molecule has 1 fully saturated rings. The average molecular weight is 463 g/mol. The minimum atomic E-state index is -4.53. The van der Waals surface area contributed by atoms with Gasteiger partial charge in [-0.15, -0.1) is 0 Å². The fraction of sp³-hybridized carbons (Fsp3) is 0.391. The number of halogens is 3. The highest BCUT2D eigenvalue weighted by molar-refractivity contribution is 5.94. The van der Waals surface area contributed by atoms with Gasteiger partial charge >= 0.3 is 6.18 Å². The monoisotopic (exact) mass is 463 g/mol. The summed E-state index contributed by atoms with van der Waals surface area (Å²) in [6.07, 6.45) is -3.50. The summed E-state index contributed by atoms with van der Waals surface area (Å²) in [7, 11) is 1.49. The lowest BCUT2D eigenvalue weighted by atomic mass is 9.96. The number of para-hydroxylation sites is 2. The van der Waals surface area contributed by atoms with Crippen molar-refractivity contribution in [3.8, 4) is 5.75 Å². The van der Waals surface area contributed by atoms with Gasteiger partial charge in [-0.25, -0.2) is 0 Å². The van der Waals surface area contributed by atoms with E-state index < -0.39 is 11.7 Å². The number of nitrogens with one attached hydrogen (secondary N) is 1. The number of aromatic nitrogens is 1. The number of carbonyl (C=O) groups is 1. The molecule has 1 N–H and O–H groups in total. The van der Waals surface area contributed by atoms with Crippen LogP contribution in [0.2, 0.25) is 0 Å². The van der Waals surface area contributed by atoms with Crippen LogP contribution in [0.5, 0.6) is 5.75 Å². The SMILES string of the molecule is COCCOc1ccc(C(F)(F)F)cc1NC(=O)C1CCN(c2nc3ccccc3o2)CC1. The Morgan fingerprint density at radius 3 is 2.64 bits per heavy atom. The number of piperidine rings is 1. The van der Waals surface area contributed by atoms with Gasteiger partial charge in [0.25, 0.3) is 6.01 Å². The Bertz CT molecular complexity index is 1070. The first-order valence-corrected chi connectivity index (χ1v) is 10.6. The number of benzene rings is 2. The van der Waals surface area contributed by atoms with Crippen molar-refractivity contribution >= 4 is 28.7 Å². The number of nitrogens with zero attached hydrogens (tertiary/aromatic N) is 2. The summed E-state index contributed by atoms with van der Waals surface area (Å²) in [6, 6.07) is 11.0. The molecule has 3 aromatic rings. The van der Waals surface area contributed by atoms with Gasteiger partial charge in [-0.3, -0.25) is 4.79 Å². The van der Waals surface area contributed by atoms with E-state index in [0.29, 0.717) is 37.5 Å². The van der Waals surface area contributed by atoms with Gasteiger partial charge in [-0.1, -0.05) is 12.1 Å². The van der Waals surface area contributed by atoms with Crippen LogP contribution in [-0.2, 0) is 15.7 Å². The Labute approximate surface area is 188 Å². The summed E-state index contributed by atoms with van der Waals surface area (Å²) in [5.41, 5.74) is 0.589. The van der Waals surface area contributed by atoms with Crippen LogP contribution in [0, 0.1) is 5.92 Å². The molecule has 10 heteroatoms. The Hall–Kier alpha value is -3.27. The molecule has 0 aliphatic carbocycles. The molecular weight excluding hydrogens is 439 g/mol. The van der Waals surface area contributed by atoms with Crippen LogP contribution in [0.1, 0.15) is 18.4 Å². The number of amides is 1. The summed E-state index contributed by atoms with van der Waals surface area (Å²) in [5, 5.41) is 2.63. The summed E-state index contributed by atoms with van der Waals surface area (Å²) in [5.74, 6) is -0.535. The molecule has 2 aromatic carbocycles. The first-order chi connectivity index (χ1) is 15.8. The Morgan fingerprint density at radius 2 is 1.94 bits per heavy atom. The third-order valence-electron chi connectivity index (χ3n) is 5.53. The predicted molar refractivity (Wildman–Crippen MR) is 116 cm³/mol. The predicted octanol–water partition coefficient (Wildman–Crippen LogP) is 4.73. The molecule has 33 heavy (non-hydrogen) atoms. The van der Waals surface area contributed by atoms with Gasteiger partial charge in [0.05, 0.1) is 17.9 Å². The number of alkyl halides is 3. The lowest BCUT2D eigenvalue weighted by molar-refractivity contribution is -0.137. The fourth-order valence-corrected chi connectivity index (χ4v) is 3.73. The molecule has 7 nitrogen and oxygen atoms in total. The molecule has 1 amide bonds. The van der Waals surface area contributed by atoms with E-state index in [2.05, 4.69) is 10.3 Å². The van der Waals surface area contributed by atoms with Gasteiger partial charge in [0.2, 0.25) is 5.91 Å². The highest BCUT2D eigenvalue weighted by atomic mass is 19.4. The number of methoxy groups -OCH3 is 1. The zero-order valence-corrected chi connectivity index (χ0v) is 18.0. The molecule has 4 rings (SSSR count). The van der Waals surface area contributed by atoms with Crippen LogP contribution in [0.25, 0.3) is 11.1 Å². The number of ether oxygens (including phenoxy) is 2. The lowest BCUT2D eigenvalue weighted by Crippen LogP contribution is -2.38. The number of anilines is 2. The standard InChI is InChI=1S/C23H24F3N3O4/c1-31-12-13-32-19-7-6-16(23(24,25)26)14-18(19)27-21(30)15-8-10-29(11-9-15)22-28-17-4-2-3-5-20(17)33-22/h2-7,14-15H,8-13H2,1H3,(H,27,30). The second kappa shape index (κ2) is 9.70. The van der Waals surface area contributed by atoms with Gasteiger partial charge in [-0.2, -0.15) is 18.2 Å². The van der Waals surface area contributed by atoms with Crippen molar-refractivity contribution in [2.45, 2.75) is 19.0 Å². The van der Waals surface area contributed by atoms with Crippen molar-refractivity contribution in [2.24, 2.45) is 5.92 Å². The molecule has 1 aliphatic rings. The highest BCUT2D eigenvalue weighted by Gasteiger charge is 2.32. The van der Waals surface area contributed by atoms with Crippen molar-refractivity contribution < 1.29 is 31.9 Å². The maximum absolute atomic E-state index is 13.2. The molecule has 0 unspecified atom stereocenters. The van der Waals surface area contributed by atoms with Crippen molar-refractivity contribution in [3.63, 3.8) is 0 Å². The van der Waals surface area contributed by atoms with Crippen LogP contribution in [-0.4, -0.2) is 44.3 Å². The topological polar surface area (TPSA) is 76.8 Å². The Morgan fingerprint density at radius 1 is 1.18 bits per heavy atom. The van der Waals surface area contributed by atoms with Gasteiger partial charge in [0.15, 0.2) is 5.58 Å². The Kier molecular flexibility index (Phi) is 6.73. The van der Waals surface area contributed by atoms with Crippen LogP contribution >= 0.6 is 0 Å². The van der Waals surface area contributed by atoms with E-state index in [-0.39, 0.29) is 36.5 Å². The van der Waals surface area contributed by atoms with E-state index in [0.717, 1.165) is 17.6 Å². The van der Waals surface area contributed by atoms with E-state index in [1.54, 1.807) is 0 Å². The molecule has 0 bridgehead atoms. The lowest BCUT2D eigenvalue weighted by Gasteiger charge is -2.30. The number of fused-ring (bicyclic) bond motifs is 1. The molecule has 2 heterocycles. The van der Waals surface area contributed by atoms with E-state index >= 15 is 0 Å². The largest absolute Gasteiger partial charge is 0.489 e. The maximum Gasteiger partial charge on any atom is 0.416 e. The summed E-state index contributed by atoms with van der Waals surface area (Å²) in [4.78, 5) is 19.3. The third-order valence-corrected chi connectivity index (χ3v) is 5.53. The minimum Gasteiger partial charge on any atom is -0.489 e. The van der Waals surface area contributed by atoms with E-state index in [9.17, 15) is 18.0 Å². The van der Waals surface area contributed by atoms with Gasteiger partial charge < -0.3 is 24.1 Å². The van der Waals surface area contributed by atoms with Crippen molar-refractivity contribution in [1.29, 1.82) is 0 Å².